The summed E-state index contributed by atoms with van der Waals surface area (Å²) in [5.74, 6) is -1.44. The van der Waals surface area contributed by atoms with Crippen LogP contribution in [0.15, 0.2) is 30.6 Å². The smallest absolute Gasteiger partial charge is 0.377 e. The molecule has 1 N–H and O–H groups in total. The summed E-state index contributed by atoms with van der Waals surface area (Å²) in [7, 11) is 1.27. The lowest BCUT2D eigenvalue weighted by atomic mass is 10.1. The Hall–Kier alpha value is -2.70. The van der Waals surface area contributed by atoms with Gasteiger partial charge in [-0.1, -0.05) is 24.3 Å². The number of nitrogens with zero attached hydrogens (tertiary/aromatic N) is 3. The van der Waals surface area contributed by atoms with Crippen molar-refractivity contribution in [3.8, 4) is 0 Å². The highest BCUT2D eigenvalue weighted by Gasteiger charge is 2.11. The number of ether oxygens (including phenoxy) is 1. The van der Waals surface area contributed by atoms with Gasteiger partial charge in [-0.15, -0.1) is 5.10 Å². The topological polar surface area (TPSA) is 94.3 Å². The normalized spacial score (nSPS) is 10.2. The highest BCUT2D eigenvalue weighted by atomic mass is 16.5. The van der Waals surface area contributed by atoms with Crippen LogP contribution >= 0.6 is 0 Å². The molecule has 0 aliphatic rings. The summed E-state index contributed by atoms with van der Waals surface area (Å²) in [5.41, 5.74) is 1.66. The SMILES string of the molecule is COC(=O)c1ncn(Cc2ccc(CC(=O)O)cc2)n1. The zero-order valence-corrected chi connectivity index (χ0v) is 10.8. The number of carbonyl (C=O) groups excluding carboxylic acids is 1. The number of carboxylic acids is 1. The molecule has 7 heteroatoms. The summed E-state index contributed by atoms with van der Waals surface area (Å²) in [6.07, 6.45) is 1.44. The van der Waals surface area contributed by atoms with Crippen LogP contribution in [0.25, 0.3) is 0 Å². The number of rotatable bonds is 5. The molecule has 1 aromatic heterocycles. The third-order valence-electron chi connectivity index (χ3n) is 2.63. The van der Waals surface area contributed by atoms with Crippen LogP contribution in [0.3, 0.4) is 0 Å². The molecular weight excluding hydrogens is 262 g/mol. The lowest BCUT2D eigenvalue weighted by Gasteiger charge is -2.02. The fraction of sp³-hybridized carbons (Fsp3) is 0.231. The van der Waals surface area contributed by atoms with E-state index in [2.05, 4.69) is 14.8 Å². The van der Waals surface area contributed by atoms with Crippen LogP contribution in [0.5, 0.6) is 0 Å². The van der Waals surface area contributed by atoms with Crippen molar-refractivity contribution in [2.75, 3.05) is 7.11 Å². The van der Waals surface area contributed by atoms with Crippen LogP contribution < -0.4 is 0 Å². The van der Waals surface area contributed by atoms with Gasteiger partial charge in [-0.2, -0.15) is 0 Å². The molecule has 0 aliphatic heterocycles. The van der Waals surface area contributed by atoms with Crippen LogP contribution in [0.4, 0.5) is 0 Å². The number of esters is 1. The van der Waals surface area contributed by atoms with Gasteiger partial charge in [-0.25, -0.2) is 14.5 Å². The van der Waals surface area contributed by atoms with Crippen molar-refractivity contribution in [2.24, 2.45) is 0 Å². The first kappa shape index (κ1) is 13.7. The molecule has 0 saturated carbocycles. The maximum absolute atomic E-state index is 11.2. The average molecular weight is 275 g/mol. The number of methoxy groups -OCH3 is 1. The molecule has 0 saturated heterocycles. The number of carbonyl (C=O) groups is 2. The molecule has 1 heterocycles. The first-order valence-electron chi connectivity index (χ1n) is 5.86. The molecule has 0 aliphatic carbocycles. The summed E-state index contributed by atoms with van der Waals surface area (Å²) in [6.45, 7) is 0.442. The molecule has 0 amide bonds. The Balaban J connectivity index is 2.04. The monoisotopic (exact) mass is 275 g/mol. The lowest BCUT2D eigenvalue weighted by Crippen LogP contribution is -2.06. The summed E-state index contributed by atoms with van der Waals surface area (Å²) >= 11 is 0. The van der Waals surface area contributed by atoms with Crippen molar-refractivity contribution < 1.29 is 19.4 Å². The Kier molecular flexibility index (Phi) is 4.09. The quantitative estimate of drug-likeness (QED) is 0.809. The second kappa shape index (κ2) is 5.96. The number of hydrogen-bond donors (Lipinski definition) is 1. The van der Waals surface area contributed by atoms with Gasteiger partial charge >= 0.3 is 11.9 Å². The lowest BCUT2D eigenvalue weighted by molar-refractivity contribution is -0.136. The zero-order chi connectivity index (χ0) is 14.5. The van der Waals surface area contributed by atoms with E-state index in [4.69, 9.17) is 5.11 Å². The molecule has 0 fully saturated rings. The molecule has 104 valence electrons. The second-order valence-electron chi connectivity index (χ2n) is 4.14. The maximum atomic E-state index is 11.2. The van der Waals surface area contributed by atoms with Gasteiger partial charge in [0.1, 0.15) is 6.33 Å². The molecule has 7 nitrogen and oxygen atoms in total. The molecule has 20 heavy (non-hydrogen) atoms. The van der Waals surface area contributed by atoms with Gasteiger partial charge < -0.3 is 9.84 Å². The van der Waals surface area contributed by atoms with Crippen molar-refractivity contribution in [1.82, 2.24) is 14.8 Å². The molecule has 0 atom stereocenters. The van der Waals surface area contributed by atoms with E-state index in [0.717, 1.165) is 11.1 Å². The number of aliphatic carboxylic acids is 1. The maximum Gasteiger partial charge on any atom is 0.377 e. The number of aromatic nitrogens is 3. The Morgan fingerprint density at radius 3 is 2.50 bits per heavy atom. The predicted molar refractivity (Wildman–Crippen MR) is 68.2 cm³/mol. The minimum absolute atomic E-state index is 0.00387. The van der Waals surface area contributed by atoms with E-state index in [9.17, 15) is 9.59 Å². The van der Waals surface area contributed by atoms with Gasteiger partial charge in [0, 0.05) is 0 Å². The van der Waals surface area contributed by atoms with Gasteiger partial charge in [0.15, 0.2) is 0 Å². The van der Waals surface area contributed by atoms with E-state index < -0.39 is 11.9 Å². The molecule has 1 aromatic carbocycles. The minimum atomic E-state index is -0.864. The summed E-state index contributed by atoms with van der Waals surface area (Å²) in [4.78, 5) is 25.6. The minimum Gasteiger partial charge on any atom is -0.481 e. The number of carboxylic acid groups (broad SMARTS) is 1. The van der Waals surface area contributed by atoms with Crippen LogP contribution in [0.1, 0.15) is 21.7 Å². The molecule has 0 spiro atoms. The highest BCUT2D eigenvalue weighted by molar-refractivity contribution is 5.84. The van der Waals surface area contributed by atoms with Crippen LogP contribution in [0, 0.1) is 0 Å². The molecule has 0 bridgehead atoms. The van der Waals surface area contributed by atoms with Crippen LogP contribution in [-0.2, 0) is 22.5 Å². The fourth-order valence-corrected chi connectivity index (χ4v) is 1.68. The first-order valence-corrected chi connectivity index (χ1v) is 5.86. The van der Waals surface area contributed by atoms with Crippen molar-refractivity contribution in [1.29, 1.82) is 0 Å². The van der Waals surface area contributed by atoms with Crippen molar-refractivity contribution in [3.63, 3.8) is 0 Å². The predicted octanol–water partition coefficient (Wildman–Crippen LogP) is 0.740. The van der Waals surface area contributed by atoms with E-state index in [1.165, 1.54) is 18.1 Å². The van der Waals surface area contributed by atoms with E-state index in [0.29, 0.717) is 6.54 Å². The van der Waals surface area contributed by atoms with Gasteiger partial charge in [0.25, 0.3) is 5.82 Å². The number of benzene rings is 1. The first-order chi connectivity index (χ1) is 9.58. The third-order valence-corrected chi connectivity index (χ3v) is 2.63. The molecule has 2 rings (SSSR count). The Labute approximate surface area is 114 Å². The van der Waals surface area contributed by atoms with E-state index in [1.807, 2.05) is 12.1 Å². The van der Waals surface area contributed by atoms with Gasteiger partial charge in [-0.05, 0) is 11.1 Å². The number of hydrogen-bond acceptors (Lipinski definition) is 5. The molecular formula is C13H13N3O4. The van der Waals surface area contributed by atoms with Crippen molar-refractivity contribution in [2.45, 2.75) is 13.0 Å². The van der Waals surface area contributed by atoms with Gasteiger partial charge in [0.05, 0.1) is 20.1 Å². The van der Waals surface area contributed by atoms with Crippen molar-refractivity contribution in [3.05, 3.63) is 47.5 Å². The second-order valence-corrected chi connectivity index (χ2v) is 4.14. The largest absolute Gasteiger partial charge is 0.481 e. The molecule has 2 aromatic rings. The van der Waals surface area contributed by atoms with Crippen LogP contribution in [0.2, 0.25) is 0 Å². The summed E-state index contributed by atoms with van der Waals surface area (Å²) in [5, 5.41) is 12.7. The zero-order valence-electron chi connectivity index (χ0n) is 10.8. The fourth-order valence-electron chi connectivity index (χ4n) is 1.68. The Morgan fingerprint density at radius 2 is 1.90 bits per heavy atom. The third kappa shape index (κ3) is 3.41. The van der Waals surface area contributed by atoms with Crippen LogP contribution in [-0.4, -0.2) is 38.9 Å². The van der Waals surface area contributed by atoms with E-state index >= 15 is 0 Å². The molecule has 0 unspecified atom stereocenters. The highest BCUT2D eigenvalue weighted by Crippen LogP contribution is 2.07. The average Bonchev–Trinajstić information content (AvgIpc) is 2.88. The standard InChI is InChI=1S/C13H13N3O4/c1-20-13(19)12-14-8-16(15-12)7-10-4-2-9(3-5-10)6-11(17)18/h2-5,8H,6-7H2,1H3,(H,17,18). The Bertz CT molecular complexity index is 619. The van der Waals surface area contributed by atoms with E-state index in [1.54, 1.807) is 12.1 Å². The van der Waals surface area contributed by atoms with Crippen molar-refractivity contribution >= 4 is 11.9 Å². The van der Waals surface area contributed by atoms with Gasteiger partial charge in [0.2, 0.25) is 0 Å². The summed E-state index contributed by atoms with van der Waals surface area (Å²) < 4.78 is 6.03. The van der Waals surface area contributed by atoms with E-state index in [-0.39, 0.29) is 12.2 Å². The summed E-state index contributed by atoms with van der Waals surface area (Å²) in [6, 6.07) is 7.14. The molecule has 0 radical (unpaired) electrons. The Morgan fingerprint density at radius 1 is 1.25 bits per heavy atom. The van der Waals surface area contributed by atoms with Gasteiger partial charge in [-0.3, -0.25) is 4.79 Å².